The number of carbonyl (C=O) groups excluding carboxylic acids is 2. The first-order valence-electron chi connectivity index (χ1n) is 8.69. The average molecular weight is 362 g/mol. The molecule has 5 N–H and O–H groups in total. The second-order valence-electron chi connectivity index (χ2n) is 7.20. The van der Waals surface area contributed by atoms with Crippen LogP contribution in [0.4, 0.5) is 0 Å². The molecule has 0 amide bonds. The fourth-order valence-corrected chi connectivity index (χ4v) is 3.59. The van der Waals surface area contributed by atoms with Crippen molar-refractivity contribution in [2.24, 2.45) is 17.8 Å². The van der Waals surface area contributed by atoms with Gasteiger partial charge in [-0.2, -0.15) is 0 Å². The van der Waals surface area contributed by atoms with Crippen LogP contribution in [0.25, 0.3) is 0 Å². The van der Waals surface area contributed by atoms with Gasteiger partial charge in [-0.05, 0) is 24.7 Å². The molecule has 1 aliphatic rings. The van der Waals surface area contributed by atoms with Crippen molar-refractivity contribution in [3.8, 4) is 0 Å². The average Bonchev–Trinajstić information content (AvgIpc) is 2.57. The molecular weight excluding hydrogens is 332 g/mol. The SMILES string of the molecule is CC(C)C1C(C)CCCC1OC(=O)C(O)C(=O)[C@@H](O)[C@H](O)[C@@H](O)CO. The van der Waals surface area contributed by atoms with Gasteiger partial charge in [0.25, 0.3) is 0 Å². The van der Waals surface area contributed by atoms with E-state index >= 15 is 0 Å². The van der Waals surface area contributed by atoms with E-state index in [9.17, 15) is 30.0 Å². The van der Waals surface area contributed by atoms with Crippen LogP contribution in [0.1, 0.15) is 40.0 Å². The van der Waals surface area contributed by atoms with E-state index in [0.29, 0.717) is 12.3 Å². The Balaban J connectivity index is 2.73. The quantitative estimate of drug-likeness (QED) is 0.273. The van der Waals surface area contributed by atoms with Gasteiger partial charge in [-0.1, -0.05) is 27.2 Å². The highest BCUT2D eigenvalue weighted by molar-refractivity contribution is 6.04. The standard InChI is InChI=1S/C17H30O8/c1-8(2)12-9(3)5-4-6-11(12)25-17(24)16(23)15(22)14(21)13(20)10(19)7-18/h8-14,16,18-21,23H,4-7H2,1-3H3/t9?,10-,11?,12?,13+,14-,16?/m0/s1. The Morgan fingerprint density at radius 2 is 1.72 bits per heavy atom. The van der Waals surface area contributed by atoms with Gasteiger partial charge in [0, 0.05) is 5.92 Å². The van der Waals surface area contributed by atoms with Crippen molar-refractivity contribution in [1.29, 1.82) is 0 Å². The fraction of sp³-hybridized carbons (Fsp3) is 0.882. The van der Waals surface area contributed by atoms with Crippen molar-refractivity contribution in [2.45, 2.75) is 70.6 Å². The Morgan fingerprint density at radius 3 is 2.24 bits per heavy atom. The van der Waals surface area contributed by atoms with Crippen molar-refractivity contribution in [3.63, 3.8) is 0 Å². The maximum Gasteiger partial charge on any atom is 0.343 e. The molecule has 0 heterocycles. The zero-order valence-corrected chi connectivity index (χ0v) is 14.9. The molecule has 146 valence electrons. The zero-order chi connectivity index (χ0) is 19.3. The summed E-state index contributed by atoms with van der Waals surface area (Å²) in [5.41, 5.74) is 0. The molecule has 1 rings (SSSR count). The molecule has 25 heavy (non-hydrogen) atoms. The third-order valence-electron chi connectivity index (χ3n) is 4.96. The lowest BCUT2D eigenvalue weighted by molar-refractivity contribution is -0.173. The van der Waals surface area contributed by atoms with Gasteiger partial charge < -0.3 is 30.3 Å². The van der Waals surface area contributed by atoms with E-state index in [1.54, 1.807) is 0 Å². The van der Waals surface area contributed by atoms with Crippen LogP contribution in [-0.4, -0.2) is 74.4 Å². The molecule has 0 aromatic heterocycles. The minimum Gasteiger partial charge on any atom is -0.460 e. The van der Waals surface area contributed by atoms with Gasteiger partial charge in [0.2, 0.25) is 11.9 Å². The van der Waals surface area contributed by atoms with E-state index in [4.69, 9.17) is 9.84 Å². The van der Waals surface area contributed by atoms with Crippen molar-refractivity contribution in [2.75, 3.05) is 6.61 Å². The lowest BCUT2D eigenvalue weighted by atomic mass is 9.72. The largest absolute Gasteiger partial charge is 0.460 e. The van der Waals surface area contributed by atoms with Crippen molar-refractivity contribution in [1.82, 2.24) is 0 Å². The highest BCUT2D eigenvalue weighted by Crippen LogP contribution is 2.37. The van der Waals surface area contributed by atoms with Crippen LogP contribution in [0.5, 0.6) is 0 Å². The predicted molar refractivity (Wildman–Crippen MR) is 87.3 cm³/mol. The summed E-state index contributed by atoms with van der Waals surface area (Å²) >= 11 is 0. The van der Waals surface area contributed by atoms with Gasteiger partial charge in [-0.25, -0.2) is 4.79 Å². The number of hydrogen-bond acceptors (Lipinski definition) is 8. The maximum absolute atomic E-state index is 12.1. The molecule has 1 saturated carbocycles. The summed E-state index contributed by atoms with van der Waals surface area (Å²) in [7, 11) is 0. The Morgan fingerprint density at radius 1 is 1.12 bits per heavy atom. The molecule has 0 saturated heterocycles. The third-order valence-corrected chi connectivity index (χ3v) is 4.96. The van der Waals surface area contributed by atoms with Crippen molar-refractivity contribution < 1.29 is 39.9 Å². The molecule has 0 radical (unpaired) electrons. The molecule has 8 heteroatoms. The minimum atomic E-state index is -2.26. The second-order valence-corrected chi connectivity index (χ2v) is 7.20. The molecular formula is C17H30O8. The first-order chi connectivity index (χ1) is 11.6. The fourth-order valence-electron chi connectivity index (χ4n) is 3.59. The summed E-state index contributed by atoms with van der Waals surface area (Å²) in [6, 6.07) is 0. The molecule has 8 nitrogen and oxygen atoms in total. The van der Waals surface area contributed by atoms with Gasteiger partial charge in [0.05, 0.1) is 6.61 Å². The van der Waals surface area contributed by atoms with Crippen LogP contribution >= 0.6 is 0 Å². The number of aliphatic hydroxyl groups excluding tert-OH is 5. The number of hydrogen-bond donors (Lipinski definition) is 5. The number of ether oxygens (including phenoxy) is 1. The first-order valence-corrected chi connectivity index (χ1v) is 8.69. The van der Waals surface area contributed by atoms with Crippen molar-refractivity contribution in [3.05, 3.63) is 0 Å². The lowest BCUT2D eigenvalue weighted by Gasteiger charge is -2.38. The maximum atomic E-state index is 12.1. The predicted octanol–water partition coefficient (Wildman–Crippen LogP) is -1.00. The summed E-state index contributed by atoms with van der Waals surface area (Å²) in [6.07, 6.45) is -6.17. The van der Waals surface area contributed by atoms with Gasteiger partial charge in [-0.3, -0.25) is 4.79 Å². The monoisotopic (exact) mass is 362 g/mol. The number of ketones is 1. The number of aliphatic hydroxyl groups is 5. The van der Waals surface area contributed by atoms with Crippen LogP contribution in [0.15, 0.2) is 0 Å². The van der Waals surface area contributed by atoms with E-state index in [0.717, 1.165) is 12.8 Å². The molecule has 7 atom stereocenters. The van der Waals surface area contributed by atoms with Crippen molar-refractivity contribution >= 4 is 11.8 Å². The van der Waals surface area contributed by atoms with Crippen LogP contribution in [-0.2, 0) is 14.3 Å². The Bertz CT molecular complexity index is 452. The van der Waals surface area contributed by atoms with E-state index < -0.39 is 48.9 Å². The van der Waals surface area contributed by atoms with E-state index in [-0.39, 0.29) is 11.8 Å². The number of carbonyl (C=O) groups is 2. The highest BCUT2D eigenvalue weighted by atomic mass is 16.6. The Kier molecular flexibility index (Phi) is 8.43. The Labute approximate surface area is 147 Å². The zero-order valence-electron chi connectivity index (χ0n) is 14.9. The Hall–Kier alpha value is -1.06. The molecule has 0 aromatic rings. The van der Waals surface area contributed by atoms with Crippen LogP contribution in [0, 0.1) is 17.8 Å². The normalized spacial score (nSPS) is 28.9. The first kappa shape index (κ1) is 22.0. The lowest BCUT2D eigenvalue weighted by Crippen LogP contribution is -2.50. The summed E-state index contributed by atoms with van der Waals surface area (Å²) in [5, 5.41) is 47.0. The topological polar surface area (TPSA) is 145 Å². The number of rotatable bonds is 8. The smallest absolute Gasteiger partial charge is 0.343 e. The van der Waals surface area contributed by atoms with E-state index in [1.807, 2.05) is 13.8 Å². The summed E-state index contributed by atoms with van der Waals surface area (Å²) in [5.74, 6) is -1.86. The second kappa shape index (κ2) is 9.59. The molecule has 0 bridgehead atoms. The highest BCUT2D eigenvalue weighted by Gasteiger charge is 2.40. The van der Waals surface area contributed by atoms with Crippen LogP contribution in [0.2, 0.25) is 0 Å². The molecule has 1 fully saturated rings. The third kappa shape index (κ3) is 5.46. The van der Waals surface area contributed by atoms with Gasteiger partial charge >= 0.3 is 5.97 Å². The van der Waals surface area contributed by atoms with Gasteiger partial charge in [0.1, 0.15) is 24.4 Å². The summed E-state index contributed by atoms with van der Waals surface area (Å²) in [6.45, 7) is 5.22. The van der Waals surface area contributed by atoms with Gasteiger partial charge in [-0.15, -0.1) is 0 Å². The minimum absolute atomic E-state index is 0.103. The molecule has 0 aromatic carbocycles. The summed E-state index contributed by atoms with van der Waals surface area (Å²) in [4.78, 5) is 24.0. The van der Waals surface area contributed by atoms with Crippen LogP contribution < -0.4 is 0 Å². The molecule has 0 aliphatic heterocycles. The summed E-state index contributed by atoms with van der Waals surface area (Å²) < 4.78 is 5.32. The van der Waals surface area contributed by atoms with Gasteiger partial charge in [0.15, 0.2) is 0 Å². The number of esters is 1. The van der Waals surface area contributed by atoms with Crippen LogP contribution in [0.3, 0.4) is 0 Å². The molecule has 1 aliphatic carbocycles. The number of Topliss-reactive ketones (excluding diaryl/α,β-unsaturated/α-hetero) is 1. The van der Waals surface area contributed by atoms with E-state index in [1.165, 1.54) is 0 Å². The molecule has 4 unspecified atom stereocenters. The molecule has 0 spiro atoms. The van der Waals surface area contributed by atoms with E-state index in [2.05, 4.69) is 6.92 Å².